The van der Waals surface area contributed by atoms with Gasteiger partial charge in [0.05, 0.1) is 19.8 Å². The summed E-state index contributed by atoms with van der Waals surface area (Å²) in [5, 5.41) is 9.83. The van der Waals surface area contributed by atoms with E-state index < -0.39 is 57.8 Å². The second-order valence-electron chi connectivity index (χ2n) is 19.8. The highest BCUT2D eigenvalue weighted by atomic mass is 31.2. The van der Waals surface area contributed by atoms with E-state index in [2.05, 4.69) is 93.7 Å². The molecular formula is C62H109O11P. The molecule has 0 aromatic heterocycles. The number of phosphoric acid groups is 1. The third-order valence-corrected chi connectivity index (χ3v) is 13.5. The molecule has 0 rings (SSSR count). The highest BCUT2D eigenvalue weighted by Crippen LogP contribution is 2.43. The summed E-state index contributed by atoms with van der Waals surface area (Å²) in [5.41, 5.74) is 0. The number of rotatable bonds is 55. The Bertz CT molecular complexity index is 1520. The van der Waals surface area contributed by atoms with Crippen molar-refractivity contribution in [3.8, 4) is 0 Å². The first kappa shape index (κ1) is 70.9. The Kier molecular flexibility index (Phi) is 53.8. The topological polar surface area (TPSA) is 155 Å². The molecule has 0 fully saturated rings. The summed E-state index contributed by atoms with van der Waals surface area (Å²) in [7, 11) is -4.76. The number of aliphatic hydroxyl groups is 1. The van der Waals surface area contributed by atoms with Crippen molar-refractivity contribution >= 4 is 25.7 Å². The van der Waals surface area contributed by atoms with Gasteiger partial charge in [0.1, 0.15) is 12.7 Å². The normalized spacial score (nSPS) is 13.9. The van der Waals surface area contributed by atoms with Gasteiger partial charge in [-0.2, -0.15) is 0 Å². The van der Waals surface area contributed by atoms with Crippen molar-refractivity contribution in [2.45, 2.75) is 277 Å². The molecule has 3 unspecified atom stereocenters. The molecule has 12 heteroatoms. The smallest absolute Gasteiger partial charge is 0.462 e. The number of allylic oxidation sites excluding steroid dienone is 12. The third-order valence-electron chi connectivity index (χ3n) is 12.6. The molecular weight excluding hydrogens is 952 g/mol. The Morgan fingerprint density at radius 3 is 1.05 bits per heavy atom. The van der Waals surface area contributed by atoms with Crippen LogP contribution in [-0.4, -0.2) is 66.5 Å². The van der Waals surface area contributed by atoms with Gasteiger partial charge in [0.2, 0.25) is 0 Å². The van der Waals surface area contributed by atoms with Crippen molar-refractivity contribution in [3.63, 3.8) is 0 Å². The van der Waals surface area contributed by atoms with Gasteiger partial charge >= 0.3 is 25.7 Å². The third kappa shape index (κ3) is 53.7. The van der Waals surface area contributed by atoms with Crippen molar-refractivity contribution in [1.29, 1.82) is 0 Å². The van der Waals surface area contributed by atoms with Crippen LogP contribution in [0.5, 0.6) is 0 Å². The van der Waals surface area contributed by atoms with Crippen LogP contribution < -0.4 is 0 Å². The molecule has 0 bridgehead atoms. The van der Waals surface area contributed by atoms with E-state index in [0.29, 0.717) is 19.3 Å². The molecule has 74 heavy (non-hydrogen) atoms. The second kappa shape index (κ2) is 56.1. The summed E-state index contributed by atoms with van der Waals surface area (Å²) in [6, 6.07) is 0. The van der Waals surface area contributed by atoms with Gasteiger partial charge in [-0.1, -0.05) is 209 Å². The maximum Gasteiger partial charge on any atom is 0.472 e. The number of ether oxygens (including phenoxy) is 3. The minimum absolute atomic E-state index is 0.154. The number of esters is 3. The van der Waals surface area contributed by atoms with E-state index in [-0.39, 0.29) is 25.9 Å². The van der Waals surface area contributed by atoms with E-state index in [9.17, 15) is 28.9 Å². The predicted octanol–water partition coefficient (Wildman–Crippen LogP) is 17.7. The number of hydrogen-bond donors (Lipinski definition) is 2. The van der Waals surface area contributed by atoms with Crippen LogP contribution in [0.25, 0.3) is 0 Å². The molecule has 0 aliphatic carbocycles. The monoisotopic (exact) mass is 1060 g/mol. The van der Waals surface area contributed by atoms with Crippen molar-refractivity contribution in [2.75, 3.05) is 26.4 Å². The average Bonchev–Trinajstić information content (AvgIpc) is 3.39. The molecule has 11 nitrogen and oxygen atoms in total. The fourth-order valence-corrected chi connectivity index (χ4v) is 8.77. The fraction of sp³-hybridized carbons (Fsp3) is 0.758. The van der Waals surface area contributed by atoms with Crippen molar-refractivity contribution in [2.24, 2.45) is 0 Å². The van der Waals surface area contributed by atoms with Gasteiger partial charge in [0, 0.05) is 19.3 Å². The number of hydrogen-bond acceptors (Lipinski definition) is 10. The lowest BCUT2D eigenvalue weighted by Crippen LogP contribution is -2.30. The molecule has 0 saturated heterocycles. The Labute approximate surface area is 452 Å². The standard InChI is InChI=1S/C62H109O11P/c1-4-7-10-13-16-19-22-25-27-29-31-34-37-40-43-46-49-52-61(65)72-58(54-63)56-70-74(67,68)71-57-59(55-69-60(64)51-48-45-42-39-36-33-24-21-18-15-12-9-6-3)73-62(66)53-50-47-44-41-38-35-32-30-28-26-23-20-17-14-11-8-5-2/h12,15-17,19-21,24-28,58-59,63H,4-11,13-14,18,22-23,29-57H2,1-3H3,(H,67,68)/b15-12-,19-16-,20-17-,24-21-,27-25-,28-26-. The van der Waals surface area contributed by atoms with Gasteiger partial charge < -0.3 is 24.2 Å². The van der Waals surface area contributed by atoms with Crippen LogP contribution in [0.1, 0.15) is 265 Å². The Morgan fingerprint density at radius 1 is 0.378 bits per heavy atom. The summed E-state index contributed by atoms with van der Waals surface area (Å²) in [6.07, 6.45) is 62.8. The van der Waals surface area contributed by atoms with E-state index in [1.54, 1.807) is 0 Å². The first-order chi connectivity index (χ1) is 36.2. The fourth-order valence-electron chi connectivity index (χ4n) is 7.98. The Hall–Kier alpha value is -3.08. The maximum atomic E-state index is 12.9. The lowest BCUT2D eigenvalue weighted by atomic mass is 10.1. The first-order valence-corrected chi connectivity index (χ1v) is 31.3. The molecule has 0 aromatic carbocycles. The molecule has 0 heterocycles. The molecule has 0 aliphatic heterocycles. The molecule has 0 aromatic rings. The SMILES string of the molecule is CCC/C=C\C/C=C\CCCCCCCC(=O)OCC(COP(=O)(O)OCC(CO)OC(=O)CCCCCCCCC/C=C\C/C=C\CCCCC)OC(=O)CCCCCCCCC/C=C\C/C=C\CCCCC. The average molecular weight is 1060 g/mol. The maximum absolute atomic E-state index is 12.9. The Morgan fingerprint density at radius 2 is 0.689 bits per heavy atom. The van der Waals surface area contributed by atoms with Crippen LogP contribution in [0.4, 0.5) is 0 Å². The molecule has 428 valence electrons. The summed E-state index contributed by atoms with van der Waals surface area (Å²) in [5.74, 6) is -1.49. The zero-order valence-electron chi connectivity index (χ0n) is 47.3. The molecule has 0 amide bonds. The van der Waals surface area contributed by atoms with Gasteiger partial charge in [0.25, 0.3) is 0 Å². The number of aliphatic hydroxyl groups excluding tert-OH is 1. The van der Waals surface area contributed by atoms with Crippen LogP contribution in [0, 0.1) is 0 Å². The molecule has 0 spiro atoms. The van der Waals surface area contributed by atoms with Gasteiger partial charge in [0.15, 0.2) is 6.10 Å². The van der Waals surface area contributed by atoms with Gasteiger partial charge in [-0.25, -0.2) is 4.57 Å². The number of unbranched alkanes of at least 4 members (excludes halogenated alkanes) is 26. The molecule has 3 atom stereocenters. The van der Waals surface area contributed by atoms with Crippen LogP contribution >= 0.6 is 7.82 Å². The lowest BCUT2D eigenvalue weighted by molar-refractivity contribution is -0.161. The van der Waals surface area contributed by atoms with E-state index >= 15 is 0 Å². The van der Waals surface area contributed by atoms with Gasteiger partial charge in [-0.15, -0.1) is 0 Å². The van der Waals surface area contributed by atoms with E-state index in [1.165, 1.54) is 83.5 Å². The van der Waals surface area contributed by atoms with Crippen LogP contribution in [-0.2, 0) is 42.2 Å². The minimum Gasteiger partial charge on any atom is -0.462 e. The minimum atomic E-state index is -4.76. The summed E-state index contributed by atoms with van der Waals surface area (Å²) in [6.45, 7) is 4.51. The molecule has 0 radical (unpaired) electrons. The molecule has 0 aliphatic rings. The largest absolute Gasteiger partial charge is 0.472 e. The van der Waals surface area contributed by atoms with E-state index in [1.807, 2.05) is 0 Å². The molecule has 2 N–H and O–H groups in total. The first-order valence-electron chi connectivity index (χ1n) is 29.8. The van der Waals surface area contributed by atoms with Crippen LogP contribution in [0.15, 0.2) is 72.9 Å². The van der Waals surface area contributed by atoms with E-state index in [4.69, 9.17) is 23.3 Å². The molecule has 0 saturated carbocycles. The van der Waals surface area contributed by atoms with Gasteiger partial charge in [-0.05, 0) is 109 Å². The van der Waals surface area contributed by atoms with E-state index in [0.717, 1.165) is 122 Å². The predicted molar refractivity (Wildman–Crippen MR) is 307 cm³/mol. The Balaban J connectivity index is 4.71. The highest BCUT2D eigenvalue weighted by Gasteiger charge is 2.28. The van der Waals surface area contributed by atoms with Crippen LogP contribution in [0.2, 0.25) is 0 Å². The summed E-state index contributed by atoms with van der Waals surface area (Å²) in [4.78, 5) is 48.6. The number of phosphoric ester groups is 1. The number of carbonyl (C=O) groups excluding carboxylic acids is 3. The highest BCUT2D eigenvalue weighted by molar-refractivity contribution is 7.47. The van der Waals surface area contributed by atoms with Gasteiger partial charge in [-0.3, -0.25) is 23.4 Å². The van der Waals surface area contributed by atoms with Crippen LogP contribution in [0.3, 0.4) is 0 Å². The zero-order chi connectivity index (χ0) is 54.1. The lowest BCUT2D eigenvalue weighted by Gasteiger charge is -2.21. The summed E-state index contributed by atoms with van der Waals surface area (Å²) < 4.78 is 39.5. The number of carbonyl (C=O) groups is 3. The summed E-state index contributed by atoms with van der Waals surface area (Å²) >= 11 is 0. The van der Waals surface area contributed by atoms with Crippen molar-refractivity contribution < 1.29 is 52.2 Å². The quantitative estimate of drug-likeness (QED) is 0.0197. The van der Waals surface area contributed by atoms with Crippen molar-refractivity contribution in [3.05, 3.63) is 72.9 Å². The second-order valence-corrected chi connectivity index (χ2v) is 21.3. The zero-order valence-corrected chi connectivity index (χ0v) is 48.2. The van der Waals surface area contributed by atoms with Crippen molar-refractivity contribution in [1.82, 2.24) is 0 Å².